The zero-order valence-electron chi connectivity index (χ0n) is 14.4. The first-order valence-electron chi connectivity index (χ1n) is 8.34. The number of piperidine rings is 1. The molecule has 6 heteroatoms. The van der Waals surface area contributed by atoms with Crippen LogP contribution in [0.1, 0.15) is 35.6 Å². The molecule has 1 aromatic heterocycles. The summed E-state index contributed by atoms with van der Waals surface area (Å²) in [4.78, 5) is 24.0. The fourth-order valence-corrected chi connectivity index (χ4v) is 2.95. The normalized spacial score (nSPS) is 20.5. The molecule has 0 bridgehead atoms. The zero-order chi connectivity index (χ0) is 17.8. The average Bonchev–Trinajstić information content (AvgIpc) is 3.02. The van der Waals surface area contributed by atoms with Gasteiger partial charge >= 0.3 is 0 Å². The van der Waals surface area contributed by atoms with Crippen LogP contribution in [0.2, 0.25) is 0 Å². The topological polar surface area (TPSA) is 76.0 Å². The molecule has 2 aromatic rings. The van der Waals surface area contributed by atoms with Crippen molar-refractivity contribution in [1.82, 2.24) is 20.4 Å². The summed E-state index contributed by atoms with van der Waals surface area (Å²) in [5.74, 6) is -0.176. The number of aryl methyl sites for hydroxylation is 2. The van der Waals surface area contributed by atoms with Crippen molar-refractivity contribution in [3.05, 3.63) is 59.4 Å². The molecule has 0 spiro atoms. The molecule has 2 heterocycles. The van der Waals surface area contributed by atoms with Gasteiger partial charge in [0.05, 0.1) is 18.3 Å². The summed E-state index contributed by atoms with van der Waals surface area (Å²) in [5.41, 5.74) is 3.05. The third-order valence-corrected chi connectivity index (χ3v) is 4.32. The lowest BCUT2D eigenvalue weighted by atomic mass is 9.93. The van der Waals surface area contributed by atoms with E-state index in [1.165, 1.54) is 11.6 Å². The van der Waals surface area contributed by atoms with Crippen LogP contribution < -0.4 is 10.6 Å². The quantitative estimate of drug-likeness (QED) is 0.836. The van der Waals surface area contributed by atoms with E-state index in [-0.39, 0.29) is 23.9 Å². The lowest BCUT2D eigenvalue weighted by Crippen LogP contribution is -2.49. The maximum absolute atomic E-state index is 12.3. The molecule has 1 aliphatic heterocycles. The van der Waals surface area contributed by atoms with Gasteiger partial charge in [0.25, 0.3) is 0 Å². The van der Waals surface area contributed by atoms with Crippen LogP contribution in [0.4, 0.5) is 0 Å². The highest BCUT2D eigenvalue weighted by atomic mass is 16.2. The monoisotopic (exact) mass is 338 g/mol. The summed E-state index contributed by atoms with van der Waals surface area (Å²) in [7, 11) is 1.83. The third-order valence-electron chi connectivity index (χ3n) is 4.32. The van der Waals surface area contributed by atoms with E-state index in [4.69, 9.17) is 0 Å². The number of hydrogen-bond acceptors (Lipinski definition) is 3. The molecule has 2 atom stereocenters. The Morgan fingerprint density at radius 3 is 2.80 bits per heavy atom. The number of nitrogens with one attached hydrogen (secondary N) is 2. The molecule has 0 aliphatic carbocycles. The number of amides is 2. The van der Waals surface area contributed by atoms with Crippen molar-refractivity contribution >= 4 is 17.9 Å². The van der Waals surface area contributed by atoms with Crippen LogP contribution in [0.25, 0.3) is 6.08 Å². The lowest BCUT2D eigenvalue weighted by Gasteiger charge is -2.32. The maximum Gasteiger partial charge on any atom is 0.244 e. The van der Waals surface area contributed by atoms with E-state index in [2.05, 4.69) is 15.7 Å². The summed E-state index contributed by atoms with van der Waals surface area (Å²) in [6.45, 7) is 2.02. The van der Waals surface area contributed by atoms with E-state index in [9.17, 15) is 9.59 Å². The summed E-state index contributed by atoms with van der Waals surface area (Å²) in [6.07, 6.45) is 7.91. The van der Waals surface area contributed by atoms with Gasteiger partial charge in [-0.1, -0.05) is 29.8 Å². The van der Waals surface area contributed by atoms with Gasteiger partial charge < -0.3 is 10.6 Å². The van der Waals surface area contributed by atoms with Crippen molar-refractivity contribution in [2.75, 3.05) is 0 Å². The molecule has 25 heavy (non-hydrogen) atoms. The molecule has 130 valence electrons. The van der Waals surface area contributed by atoms with Crippen LogP contribution in [0.3, 0.4) is 0 Å². The van der Waals surface area contributed by atoms with Crippen molar-refractivity contribution < 1.29 is 9.59 Å². The van der Waals surface area contributed by atoms with E-state index in [0.29, 0.717) is 12.8 Å². The second-order valence-electron chi connectivity index (χ2n) is 6.39. The van der Waals surface area contributed by atoms with Gasteiger partial charge in [0, 0.05) is 31.3 Å². The molecule has 0 radical (unpaired) electrons. The predicted octanol–water partition coefficient (Wildman–Crippen LogP) is 1.88. The Hall–Kier alpha value is -2.89. The van der Waals surface area contributed by atoms with Crippen LogP contribution >= 0.6 is 0 Å². The van der Waals surface area contributed by atoms with Crippen molar-refractivity contribution in [3.8, 4) is 0 Å². The minimum absolute atomic E-state index is 0.00505. The molecule has 0 saturated carbocycles. The van der Waals surface area contributed by atoms with Crippen LogP contribution in [0.15, 0.2) is 42.7 Å². The van der Waals surface area contributed by atoms with Gasteiger partial charge in [0.1, 0.15) is 0 Å². The number of carbonyl (C=O) groups is 2. The number of carbonyl (C=O) groups excluding carboxylic acids is 2. The van der Waals surface area contributed by atoms with Crippen molar-refractivity contribution in [1.29, 1.82) is 0 Å². The highest BCUT2D eigenvalue weighted by Gasteiger charge is 2.31. The first-order chi connectivity index (χ1) is 12.0. The predicted molar refractivity (Wildman–Crippen MR) is 95.5 cm³/mol. The van der Waals surface area contributed by atoms with E-state index in [1.54, 1.807) is 17.0 Å². The van der Waals surface area contributed by atoms with E-state index in [1.807, 2.05) is 44.4 Å². The third kappa shape index (κ3) is 4.35. The summed E-state index contributed by atoms with van der Waals surface area (Å²) in [5, 5.41) is 10.1. The second kappa shape index (κ2) is 7.34. The molecular weight excluding hydrogens is 316 g/mol. The van der Waals surface area contributed by atoms with Crippen molar-refractivity contribution in [3.63, 3.8) is 0 Å². The molecule has 3 rings (SSSR count). The van der Waals surface area contributed by atoms with Gasteiger partial charge in [0.2, 0.25) is 11.8 Å². The Bertz CT molecular complexity index is 792. The standard InChI is InChI=1S/C19H22N4O2/c1-13-3-5-14(6-4-13)7-9-17(24)21-16-8-10-18(25)22-19(16)15-11-20-23(2)12-15/h3-7,9,11-12,16,19H,8,10H2,1-2H3,(H,21,24)(H,22,25)/b9-7+/t16-,19-/m0/s1. The highest BCUT2D eigenvalue weighted by molar-refractivity contribution is 5.92. The Labute approximate surface area is 146 Å². The van der Waals surface area contributed by atoms with Crippen molar-refractivity contribution in [2.45, 2.75) is 31.8 Å². The van der Waals surface area contributed by atoms with Crippen LogP contribution in [0.5, 0.6) is 0 Å². The van der Waals surface area contributed by atoms with E-state index in [0.717, 1.165) is 11.1 Å². The van der Waals surface area contributed by atoms with Gasteiger partial charge in [-0.15, -0.1) is 0 Å². The summed E-state index contributed by atoms with van der Waals surface area (Å²) >= 11 is 0. The zero-order valence-corrected chi connectivity index (χ0v) is 14.4. The SMILES string of the molecule is Cc1ccc(/C=C/C(=O)N[C@H]2CCC(=O)N[C@H]2c2cnn(C)c2)cc1. The van der Waals surface area contributed by atoms with Crippen LogP contribution in [0, 0.1) is 6.92 Å². The molecule has 1 saturated heterocycles. The number of rotatable bonds is 4. The Morgan fingerprint density at radius 2 is 2.12 bits per heavy atom. The first kappa shape index (κ1) is 17.0. The molecule has 2 amide bonds. The first-order valence-corrected chi connectivity index (χ1v) is 8.34. The largest absolute Gasteiger partial charge is 0.347 e. The maximum atomic E-state index is 12.3. The van der Waals surface area contributed by atoms with Crippen LogP contribution in [-0.2, 0) is 16.6 Å². The molecule has 0 unspecified atom stereocenters. The molecule has 6 nitrogen and oxygen atoms in total. The Morgan fingerprint density at radius 1 is 1.36 bits per heavy atom. The number of hydrogen-bond donors (Lipinski definition) is 2. The van der Waals surface area contributed by atoms with Gasteiger partial charge in [-0.25, -0.2) is 0 Å². The van der Waals surface area contributed by atoms with Gasteiger partial charge in [0.15, 0.2) is 0 Å². The highest BCUT2D eigenvalue weighted by Crippen LogP contribution is 2.23. The van der Waals surface area contributed by atoms with E-state index < -0.39 is 0 Å². The van der Waals surface area contributed by atoms with Gasteiger partial charge in [-0.2, -0.15) is 5.10 Å². The summed E-state index contributed by atoms with van der Waals surface area (Å²) in [6, 6.07) is 7.54. The molecule has 1 aliphatic rings. The molecule has 1 aromatic carbocycles. The van der Waals surface area contributed by atoms with Gasteiger partial charge in [-0.3, -0.25) is 14.3 Å². The number of aromatic nitrogens is 2. The minimum atomic E-state index is -0.258. The second-order valence-corrected chi connectivity index (χ2v) is 6.39. The minimum Gasteiger partial charge on any atom is -0.347 e. The van der Waals surface area contributed by atoms with E-state index >= 15 is 0 Å². The van der Waals surface area contributed by atoms with Crippen molar-refractivity contribution in [2.24, 2.45) is 7.05 Å². The number of nitrogens with zero attached hydrogens (tertiary/aromatic N) is 2. The average molecular weight is 338 g/mol. The van der Waals surface area contributed by atoms with Crippen LogP contribution in [-0.4, -0.2) is 27.6 Å². The number of benzene rings is 1. The van der Waals surface area contributed by atoms with Gasteiger partial charge in [-0.05, 0) is 25.0 Å². The Balaban J connectivity index is 1.67. The smallest absolute Gasteiger partial charge is 0.244 e. The molecular formula is C19H22N4O2. The Kier molecular flexibility index (Phi) is 4.97. The lowest BCUT2D eigenvalue weighted by molar-refractivity contribution is -0.125. The fourth-order valence-electron chi connectivity index (χ4n) is 2.95. The fraction of sp³-hybridized carbons (Fsp3) is 0.316. The summed E-state index contributed by atoms with van der Waals surface area (Å²) < 4.78 is 1.69. The molecule has 2 N–H and O–H groups in total. The molecule has 1 fully saturated rings.